The minimum atomic E-state index is -0.912. The number of thiophene rings is 1. The summed E-state index contributed by atoms with van der Waals surface area (Å²) in [4.78, 5) is 16.5. The Labute approximate surface area is 165 Å². The van der Waals surface area contributed by atoms with Crippen molar-refractivity contribution in [2.45, 2.75) is 44.7 Å². The minimum absolute atomic E-state index is 0.0598. The zero-order valence-corrected chi connectivity index (χ0v) is 16.0. The average Bonchev–Trinajstić information content (AvgIpc) is 3.09. The highest BCUT2D eigenvalue weighted by Crippen LogP contribution is 2.34. The summed E-state index contributed by atoms with van der Waals surface area (Å²) in [6.45, 7) is 0.591. The van der Waals surface area contributed by atoms with E-state index in [1.165, 1.54) is 6.07 Å². The number of carbonyl (C=O) groups excluding carboxylic acids is 1. The van der Waals surface area contributed by atoms with E-state index in [9.17, 15) is 13.6 Å². The molecule has 0 spiro atoms. The first-order valence-corrected chi connectivity index (χ1v) is 10.4. The third kappa shape index (κ3) is 3.03. The predicted molar refractivity (Wildman–Crippen MR) is 103 cm³/mol. The second-order valence-corrected chi connectivity index (χ2v) is 8.41. The van der Waals surface area contributed by atoms with Crippen LogP contribution in [0.5, 0.6) is 0 Å². The maximum absolute atomic E-state index is 13.7. The van der Waals surface area contributed by atoms with Crippen molar-refractivity contribution in [2.24, 2.45) is 0 Å². The Morgan fingerprint density at radius 2 is 2.07 bits per heavy atom. The van der Waals surface area contributed by atoms with Gasteiger partial charge in [-0.2, -0.15) is 5.10 Å². The van der Waals surface area contributed by atoms with Crippen molar-refractivity contribution >= 4 is 17.2 Å². The first kappa shape index (κ1) is 17.6. The molecule has 144 valence electrons. The first-order valence-electron chi connectivity index (χ1n) is 9.51. The van der Waals surface area contributed by atoms with Crippen molar-refractivity contribution in [3.8, 4) is 5.69 Å². The summed E-state index contributed by atoms with van der Waals surface area (Å²) < 4.78 is 28.7. The number of hydrogen-bond donors (Lipinski definition) is 0. The van der Waals surface area contributed by atoms with Crippen LogP contribution in [0.25, 0.3) is 5.69 Å². The zero-order valence-electron chi connectivity index (χ0n) is 15.2. The van der Waals surface area contributed by atoms with Gasteiger partial charge in [-0.05, 0) is 55.7 Å². The van der Waals surface area contributed by atoms with Crippen molar-refractivity contribution in [3.63, 3.8) is 0 Å². The molecule has 5 rings (SSSR count). The standard InChI is InChI=1S/C21H19F2N3OS/c22-17-9-8-14(11-18(17)23)26-19-5-1-4-16(19)20(24-26)21(27)25(13-6-7-13)12-15-3-2-10-28-15/h2-3,8-11,13H,1,4-7,12H2. The van der Waals surface area contributed by atoms with E-state index in [4.69, 9.17) is 0 Å². The van der Waals surface area contributed by atoms with Crippen LogP contribution >= 0.6 is 11.3 Å². The molecular weight excluding hydrogens is 380 g/mol. The Morgan fingerprint density at radius 3 is 2.79 bits per heavy atom. The molecule has 2 heterocycles. The molecule has 4 nitrogen and oxygen atoms in total. The second kappa shape index (κ2) is 6.81. The van der Waals surface area contributed by atoms with E-state index in [-0.39, 0.29) is 11.9 Å². The Kier molecular flexibility index (Phi) is 4.27. The van der Waals surface area contributed by atoms with E-state index in [0.717, 1.165) is 60.4 Å². The highest BCUT2D eigenvalue weighted by molar-refractivity contribution is 7.09. The van der Waals surface area contributed by atoms with Gasteiger partial charge in [0.05, 0.1) is 12.2 Å². The monoisotopic (exact) mass is 399 g/mol. The van der Waals surface area contributed by atoms with Crippen LogP contribution in [0.2, 0.25) is 0 Å². The molecule has 7 heteroatoms. The Bertz CT molecular complexity index is 1040. The Balaban J connectivity index is 1.53. The first-order chi connectivity index (χ1) is 13.6. The van der Waals surface area contributed by atoms with E-state index >= 15 is 0 Å². The zero-order chi connectivity index (χ0) is 19.3. The van der Waals surface area contributed by atoms with E-state index in [1.807, 2.05) is 22.4 Å². The van der Waals surface area contributed by atoms with Crippen LogP contribution in [-0.4, -0.2) is 26.6 Å². The van der Waals surface area contributed by atoms with Crippen LogP contribution in [0.3, 0.4) is 0 Å². The summed E-state index contributed by atoms with van der Waals surface area (Å²) in [7, 11) is 0. The molecule has 0 N–H and O–H groups in total. The fourth-order valence-electron chi connectivity index (χ4n) is 3.90. The van der Waals surface area contributed by atoms with Gasteiger partial charge in [-0.15, -0.1) is 11.3 Å². The Hall–Kier alpha value is -2.54. The van der Waals surface area contributed by atoms with Crippen LogP contribution < -0.4 is 0 Å². The second-order valence-electron chi connectivity index (χ2n) is 7.38. The molecule has 0 radical (unpaired) electrons. The number of nitrogens with zero attached hydrogens (tertiary/aromatic N) is 3. The number of aromatic nitrogens is 2. The largest absolute Gasteiger partial charge is 0.329 e. The number of benzene rings is 1. The molecule has 2 aliphatic rings. The van der Waals surface area contributed by atoms with Crippen LogP contribution in [-0.2, 0) is 19.4 Å². The van der Waals surface area contributed by atoms with Gasteiger partial charge in [0.25, 0.3) is 5.91 Å². The lowest BCUT2D eigenvalue weighted by atomic mass is 10.1. The molecule has 0 aliphatic heterocycles. The molecule has 0 atom stereocenters. The van der Waals surface area contributed by atoms with Gasteiger partial charge in [0.15, 0.2) is 17.3 Å². The molecular formula is C21H19F2N3OS. The summed E-state index contributed by atoms with van der Waals surface area (Å²) in [6, 6.07) is 8.04. The van der Waals surface area contributed by atoms with Gasteiger partial charge < -0.3 is 4.90 Å². The smallest absolute Gasteiger partial charge is 0.275 e. The van der Waals surface area contributed by atoms with Crippen molar-refractivity contribution in [1.29, 1.82) is 0 Å². The number of fused-ring (bicyclic) bond motifs is 1. The van der Waals surface area contributed by atoms with Crippen LogP contribution in [0, 0.1) is 11.6 Å². The minimum Gasteiger partial charge on any atom is -0.329 e. The summed E-state index contributed by atoms with van der Waals surface area (Å²) in [5, 5.41) is 6.59. The van der Waals surface area contributed by atoms with Gasteiger partial charge in [-0.25, -0.2) is 13.5 Å². The van der Waals surface area contributed by atoms with E-state index < -0.39 is 11.6 Å². The van der Waals surface area contributed by atoms with E-state index in [2.05, 4.69) is 5.10 Å². The molecule has 1 fully saturated rings. The molecule has 28 heavy (non-hydrogen) atoms. The molecule has 0 bridgehead atoms. The van der Waals surface area contributed by atoms with Crippen LogP contribution in [0.15, 0.2) is 35.7 Å². The van der Waals surface area contributed by atoms with Crippen molar-refractivity contribution in [2.75, 3.05) is 0 Å². The van der Waals surface area contributed by atoms with Crippen LogP contribution in [0.1, 0.15) is 45.9 Å². The van der Waals surface area contributed by atoms with Gasteiger partial charge in [0.2, 0.25) is 0 Å². The molecule has 2 aliphatic carbocycles. The lowest BCUT2D eigenvalue weighted by Crippen LogP contribution is -2.33. The van der Waals surface area contributed by atoms with Crippen LogP contribution in [0.4, 0.5) is 8.78 Å². The lowest BCUT2D eigenvalue weighted by Gasteiger charge is -2.21. The number of carbonyl (C=O) groups is 1. The highest BCUT2D eigenvalue weighted by atomic mass is 32.1. The quantitative estimate of drug-likeness (QED) is 0.633. The average molecular weight is 399 g/mol. The molecule has 0 saturated heterocycles. The van der Waals surface area contributed by atoms with Gasteiger partial charge >= 0.3 is 0 Å². The molecule has 2 aromatic heterocycles. The topological polar surface area (TPSA) is 38.1 Å². The predicted octanol–water partition coefficient (Wildman–Crippen LogP) is 4.51. The summed E-state index contributed by atoms with van der Waals surface area (Å²) in [6.07, 6.45) is 4.54. The van der Waals surface area contributed by atoms with Crippen molar-refractivity contribution in [3.05, 3.63) is 69.2 Å². The number of halogens is 2. The van der Waals surface area contributed by atoms with Gasteiger partial charge in [0, 0.05) is 28.2 Å². The number of hydrogen-bond acceptors (Lipinski definition) is 3. The van der Waals surface area contributed by atoms with Crippen molar-refractivity contribution < 1.29 is 13.6 Å². The fourth-order valence-corrected chi connectivity index (χ4v) is 4.60. The summed E-state index contributed by atoms with van der Waals surface area (Å²) in [5.74, 6) is -1.86. The van der Waals surface area contributed by atoms with Crippen molar-refractivity contribution in [1.82, 2.24) is 14.7 Å². The van der Waals surface area contributed by atoms with E-state index in [0.29, 0.717) is 17.9 Å². The maximum Gasteiger partial charge on any atom is 0.275 e. The maximum atomic E-state index is 13.7. The Morgan fingerprint density at radius 1 is 1.21 bits per heavy atom. The molecule has 1 aromatic carbocycles. The third-order valence-corrected chi connectivity index (χ3v) is 6.30. The highest BCUT2D eigenvalue weighted by Gasteiger charge is 2.37. The molecule has 1 saturated carbocycles. The fraction of sp³-hybridized carbons (Fsp3) is 0.333. The number of amides is 1. The normalized spacial score (nSPS) is 15.6. The molecule has 0 unspecified atom stereocenters. The van der Waals surface area contributed by atoms with Gasteiger partial charge in [-0.3, -0.25) is 4.79 Å². The lowest BCUT2D eigenvalue weighted by molar-refractivity contribution is 0.0724. The van der Waals surface area contributed by atoms with Gasteiger partial charge in [-0.1, -0.05) is 6.07 Å². The molecule has 3 aromatic rings. The third-order valence-electron chi connectivity index (χ3n) is 5.44. The molecule has 1 amide bonds. The summed E-state index contributed by atoms with van der Waals surface area (Å²) >= 11 is 1.64. The SMILES string of the molecule is O=C(c1nn(-c2ccc(F)c(F)c2)c2c1CCC2)N(Cc1cccs1)C1CC1. The summed E-state index contributed by atoms with van der Waals surface area (Å²) in [5.41, 5.74) is 2.79. The number of rotatable bonds is 5. The van der Waals surface area contributed by atoms with Gasteiger partial charge in [0.1, 0.15) is 0 Å². The van der Waals surface area contributed by atoms with E-state index in [1.54, 1.807) is 16.0 Å².